The lowest BCUT2D eigenvalue weighted by molar-refractivity contribution is 0.424. The Morgan fingerprint density at radius 2 is 2.29 bits per heavy atom. The fraction of sp³-hybridized carbons (Fsp3) is 0.200. The van der Waals surface area contributed by atoms with E-state index in [0.717, 1.165) is 15.1 Å². The van der Waals surface area contributed by atoms with Crippen LogP contribution >= 0.6 is 38.9 Å². The first-order valence-corrected chi connectivity index (χ1v) is 6.22. The molecule has 4 heteroatoms. The summed E-state index contributed by atoms with van der Waals surface area (Å²) in [5.41, 5.74) is 1.07. The number of alkyl halides is 1. The number of rotatable bonds is 2. The van der Waals surface area contributed by atoms with Crippen molar-refractivity contribution in [2.24, 2.45) is 0 Å². The molecule has 2 aromatic rings. The van der Waals surface area contributed by atoms with Crippen LogP contribution in [0.1, 0.15) is 5.56 Å². The van der Waals surface area contributed by atoms with Crippen molar-refractivity contribution in [3.05, 3.63) is 28.2 Å². The third-order valence-electron chi connectivity index (χ3n) is 2.05. The van der Waals surface area contributed by atoms with Crippen LogP contribution in [0.15, 0.2) is 22.7 Å². The van der Waals surface area contributed by atoms with Gasteiger partial charge in [-0.1, -0.05) is 33.3 Å². The molecule has 0 saturated carbocycles. The second-order valence-corrected chi connectivity index (χ2v) is 4.96. The summed E-state index contributed by atoms with van der Waals surface area (Å²) in [6, 6.07) is 6.11. The zero-order chi connectivity index (χ0) is 10.1. The third kappa shape index (κ3) is 1.53. The quantitative estimate of drug-likeness (QED) is 0.745. The van der Waals surface area contributed by atoms with Gasteiger partial charge >= 0.3 is 0 Å². The van der Waals surface area contributed by atoms with E-state index in [4.69, 9.17) is 16.3 Å². The van der Waals surface area contributed by atoms with E-state index in [1.165, 1.54) is 10.1 Å². The van der Waals surface area contributed by atoms with Crippen LogP contribution in [0, 0.1) is 0 Å². The maximum absolute atomic E-state index is 5.91. The highest BCUT2D eigenvalue weighted by Crippen LogP contribution is 2.41. The molecular weight excluding hydrogens is 284 g/mol. The van der Waals surface area contributed by atoms with Crippen LogP contribution in [0.4, 0.5) is 0 Å². The highest BCUT2D eigenvalue weighted by molar-refractivity contribution is 9.10. The fourth-order valence-electron chi connectivity index (χ4n) is 1.43. The largest absolute Gasteiger partial charge is 0.487 e. The van der Waals surface area contributed by atoms with Gasteiger partial charge in [-0.15, -0.1) is 11.6 Å². The van der Waals surface area contributed by atoms with Gasteiger partial charge in [-0.3, -0.25) is 0 Å². The molecule has 1 aromatic heterocycles. The maximum Gasteiger partial charge on any atom is 0.179 e. The number of fused-ring (bicyclic) bond motifs is 1. The Bertz CT molecular complexity index is 466. The molecule has 0 radical (unpaired) electrons. The summed E-state index contributed by atoms with van der Waals surface area (Å²) < 4.78 is 7.56. The summed E-state index contributed by atoms with van der Waals surface area (Å²) in [5.74, 6) is 0.478. The summed E-state index contributed by atoms with van der Waals surface area (Å²) in [6.07, 6.45) is 0. The van der Waals surface area contributed by atoms with Crippen LogP contribution in [0.5, 0.6) is 5.06 Å². The molecule has 0 aliphatic heterocycles. The first-order valence-electron chi connectivity index (χ1n) is 4.07. The Morgan fingerprint density at radius 3 is 2.93 bits per heavy atom. The van der Waals surface area contributed by atoms with E-state index in [-0.39, 0.29) is 0 Å². The summed E-state index contributed by atoms with van der Waals surface area (Å²) in [6.45, 7) is 0. The Kier molecular flexibility index (Phi) is 3.00. The molecule has 14 heavy (non-hydrogen) atoms. The minimum atomic E-state index is 0.478. The van der Waals surface area contributed by atoms with Crippen molar-refractivity contribution in [1.82, 2.24) is 0 Å². The molecule has 0 spiro atoms. The van der Waals surface area contributed by atoms with Gasteiger partial charge in [0.15, 0.2) is 5.06 Å². The second kappa shape index (κ2) is 4.09. The van der Waals surface area contributed by atoms with Crippen molar-refractivity contribution in [3.8, 4) is 5.06 Å². The molecule has 1 heterocycles. The topological polar surface area (TPSA) is 9.23 Å². The van der Waals surface area contributed by atoms with Crippen molar-refractivity contribution in [2.45, 2.75) is 5.88 Å². The highest BCUT2D eigenvalue weighted by Gasteiger charge is 2.13. The van der Waals surface area contributed by atoms with Crippen LogP contribution in [-0.4, -0.2) is 7.11 Å². The first kappa shape index (κ1) is 10.3. The number of ether oxygens (including phenoxy) is 1. The molecule has 1 nitrogen and oxygen atoms in total. The van der Waals surface area contributed by atoms with E-state index in [1.54, 1.807) is 18.4 Å². The first-order chi connectivity index (χ1) is 6.77. The van der Waals surface area contributed by atoms with Crippen LogP contribution in [0.3, 0.4) is 0 Å². The smallest absolute Gasteiger partial charge is 0.179 e. The molecule has 0 atom stereocenters. The van der Waals surface area contributed by atoms with E-state index >= 15 is 0 Å². The lowest BCUT2D eigenvalue weighted by Crippen LogP contribution is -1.83. The molecular formula is C10H8BrClOS. The number of thiophene rings is 1. The van der Waals surface area contributed by atoms with Crippen molar-refractivity contribution in [3.63, 3.8) is 0 Å². The summed E-state index contributed by atoms with van der Waals surface area (Å²) in [5, 5.41) is 2.08. The average Bonchev–Trinajstić information content (AvgIpc) is 2.56. The lowest BCUT2D eigenvalue weighted by atomic mass is 10.2. The molecule has 0 amide bonds. The molecule has 1 aromatic carbocycles. The Labute approximate surface area is 99.8 Å². The van der Waals surface area contributed by atoms with Gasteiger partial charge in [0.05, 0.1) is 13.0 Å². The average molecular weight is 292 g/mol. The SMILES string of the molecule is COc1sc2cccc(Br)c2c1CCl. The van der Waals surface area contributed by atoms with Crippen LogP contribution in [-0.2, 0) is 5.88 Å². The van der Waals surface area contributed by atoms with Gasteiger partial charge in [0.25, 0.3) is 0 Å². The van der Waals surface area contributed by atoms with Gasteiger partial charge in [0, 0.05) is 20.1 Å². The van der Waals surface area contributed by atoms with E-state index in [1.807, 2.05) is 12.1 Å². The summed E-state index contributed by atoms with van der Waals surface area (Å²) >= 11 is 11.1. The zero-order valence-electron chi connectivity index (χ0n) is 7.51. The number of halogens is 2. The number of hydrogen-bond acceptors (Lipinski definition) is 2. The van der Waals surface area contributed by atoms with Crippen LogP contribution < -0.4 is 4.74 Å². The minimum absolute atomic E-state index is 0.478. The molecule has 74 valence electrons. The molecule has 0 unspecified atom stereocenters. The van der Waals surface area contributed by atoms with Crippen molar-refractivity contribution < 1.29 is 4.74 Å². The zero-order valence-corrected chi connectivity index (χ0v) is 10.7. The fourth-order valence-corrected chi connectivity index (χ4v) is 3.57. The predicted octanol–water partition coefficient (Wildman–Crippen LogP) is 4.41. The van der Waals surface area contributed by atoms with Crippen LogP contribution in [0.2, 0.25) is 0 Å². The van der Waals surface area contributed by atoms with Gasteiger partial charge in [0.2, 0.25) is 0 Å². The second-order valence-electron chi connectivity index (χ2n) is 2.82. The van der Waals surface area contributed by atoms with Crippen molar-refractivity contribution >= 4 is 49.0 Å². The van der Waals surface area contributed by atoms with Gasteiger partial charge in [-0.25, -0.2) is 0 Å². The summed E-state index contributed by atoms with van der Waals surface area (Å²) in [7, 11) is 1.68. The molecule has 0 aliphatic rings. The third-order valence-corrected chi connectivity index (χ3v) is 4.13. The molecule has 0 bridgehead atoms. The van der Waals surface area contributed by atoms with Gasteiger partial charge < -0.3 is 4.74 Å². The Morgan fingerprint density at radius 1 is 1.50 bits per heavy atom. The number of methoxy groups -OCH3 is 1. The maximum atomic E-state index is 5.91. The normalized spacial score (nSPS) is 10.8. The monoisotopic (exact) mass is 290 g/mol. The van der Waals surface area contributed by atoms with E-state index in [0.29, 0.717) is 5.88 Å². The highest BCUT2D eigenvalue weighted by atomic mass is 79.9. The lowest BCUT2D eigenvalue weighted by Gasteiger charge is -1.99. The molecule has 2 rings (SSSR count). The number of benzene rings is 1. The molecule has 0 saturated heterocycles. The minimum Gasteiger partial charge on any atom is -0.487 e. The summed E-state index contributed by atoms with van der Waals surface area (Å²) in [4.78, 5) is 0. The van der Waals surface area contributed by atoms with Crippen LogP contribution in [0.25, 0.3) is 10.1 Å². The van der Waals surface area contributed by atoms with Gasteiger partial charge in [-0.2, -0.15) is 0 Å². The van der Waals surface area contributed by atoms with E-state index in [9.17, 15) is 0 Å². The molecule has 0 fully saturated rings. The van der Waals surface area contributed by atoms with E-state index < -0.39 is 0 Å². The van der Waals surface area contributed by atoms with Gasteiger partial charge in [-0.05, 0) is 12.1 Å². The standard InChI is InChI=1S/C10H8BrClOS/c1-13-10-6(5-12)9-7(11)3-2-4-8(9)14-10/h2-4H,5H2,1H3. The molecule has 0 N–H and O–H groups in total. The Balaban J connectivity index is 2.81. The van der Waals surface area contributed by atoms with Gasteiger partial charge in [0.1, 0.15) is 0 Å². The van der Waals surface area contributed by atoms with E-state index in [2.05, 4.69) is 22.0 Å². The predicted molar refractivity (Wildman–Crippen MR) is 65.6 cm³/mol. The Hall–Kier alpha value is -0.250. The number of hydrogen-bond donors (Lipinski definition) is 0. The van der Waals surface area contributed by atoms with Crippen molar-refractivity contribution in [2.75, 3.05) is 7.11 Å². The molecule has 0 aliphatic carbocycles. The van der Waals surface area contributed by atoms with Crippen molar-refractivity contribution in [1.29, 1.82) is 0 Å².